The second-order valence-electron chi connectivity index (χ2n) is 5.75. The van der Waals surface area contributed by atoms with E-state index in [1.807, 2.05) is 0 Å². The summed E-state index contributed by atoms with van der Waals surface area (Å²) in [4.78, 5) is 21.8. The van der Waals surface area contributed by atoms with Crippen LogP contribution in [0.3, 0.4) is 0 Å². The van der Waals surface area contributed by atoms with Gasteiger partial charge < -0.3 is 19.5 Å². The maximum absolute atomic E-state index is 13.1. The molecule has 1 amide bonds. The number of anilines is 1. The van der Waals surface area contributed by atoms with Crippen LogP contribution in [0.2, 0.25) is 5.02 Å². The van der Waals surface area contributed by atoms with Crippen molar-refractivity contribution in [2.24, 2.45) is 0 Å². The van der Waals surface area contributed by atoms with Gasteiger partial charge in [0.05, 0.1) is 15.6 Å². The highest BCUT2D eigenvalue weighted by Crippen LogP contribution is 2.39. The van der Waals surface area contributed by atoms with Gasteiger partial charge in [0.1, 0.15) is 24.5 Å². The predicted molar refractivity (Wildman–Crippen MR) is 94.7 cm³/mol. The first-order valence-corrected chi connectivity index (χ1v) is 8.40. The Balaban J connectivity index is 1.72. The van der Waals surface area contributed by atoms with Crippen LogP contribution < -0.4 is 19.5 Å². The Hall–Kier alpha value is -3.21. The van der Waals surface area contributed by atoms with Gasteiger partial charge in [-0.2, -0.15) is 13.2 Å². The Morgan fingerprint density at radius 2 is 1.86 bits per heavy atom. The molecule has 2 aromatic rings. The van der Waals surface area contributed by atoms with Crippen molar-refractivity contribution >= 4 is 28.9 Å². The average Bonchev–Trinajstić information content (AvgIpc) is 2.66. The largest absolute Gasteiger partial charge is 0.486 e. The van der Waals surface area contributed by atoms with Gasteiger partial charge in [0.2, 0.25) is 0 Å². The van der Waals surface area contributed by atoms with E-state index >= 15 is 0 Å². The Kier molecular flexibility index (Phi) is 5.69. The first-order chi connectivity index (χ1) is 13.6. The van der Waals surface area contributed by atoms with E-state index in [9.17, 15) is 28.1 Å². The number of benzene rings is 2. The number of hydrogen-bond acceptors (Lipinski definition) is 6. The molecule has 0 saturated carbocycles. The molecule has 1 N–H and O–H groups in total. The standard InChI is InChI=1S/C17H12ClF3N2O6/c18-11-6-14-15(28-4-3-27-14)7-12(11)22-16(24)8-29-13-2-1-9(23(25)26)5-10(13)17(19,20)21/h1-2,5-7H,3-4,8H2,(H,22,24). The first kappa shape index (κ1) is 20.5. The molecule has 0 radical (unpaired) electrons. The van der Waals surface area contributed by atoms with Crippen LogP contribution in [0.4, 0.5) is 24.5 Å². The van der Waals surface area contributed by atoms with E-state index < -0.39 is 40.6 Å². The van der Waals surface area contributed by atoms with Crippen LogP contribution in [-0.4, -0.2) is 30.7 Å². The summed E-state index contributed by atoms with van der Waals surface area (Å²) in [5, 5.41) is 13.2. The third-order valence-corrected chi connectivity index (χ3v) is 4.06. The first-order valence-electron chi connectivity index (χ1n) is 8.02. The SMILES string of the molecule is O=C(COc1ccc([N+](=O)[O-])cc1C(F)(F)F)Nc1cc2c(cc1Cl)OCCO2. The third-order valence-electron chi connectivity index (χ3n) is 3.74. The topological polar surface area (TPSA) is 99.9 Å². The van der Waals surface area contributed by atoms with Gasteiger partial charge in [-0.3, -0.25) is 14.9 Å². The van der Waals surface area contributed by atoms with Crippen molar-refractivity contribution in [2.75, 3.05) is 25.1 Å². The molecule has 1 heterocycles. The number of nitrogens with one attached hydrogen (secondary N) is 1. The van der Waals surface area contributed by atoms with E-state index in [1.54, 1.807) is 0 Å². The number of rotatable bonds is 5. The number of hydrogen-bond donors (Lipinski definition) is 1. The number of ether oxygens (including phenoxy) is 3. The summed E-state index contributed by atoms with van der Waals surface area (Å²) in [6.07, 6.45) is -4.91. The zero-order valence-corrected chi connectivity index (χ0v) is 15.2. The molecule has 0 fully saturated rings. The second kappa shape index (κ2) is 8.03. The van der Waals surface area contributed by atoms with E-state index in [0.717, 1.165) is 12.1 Å². The molecule has 0 atom stereocenters. The van der Waals surface area contributed by atoms with Gasteiger partial charge in [0, 0.05) is 24.3 Å². The molecule has 0 bridgehead atoms. The number of halogens is 4. The van der Waals surface area contributed by atoms with Crippen molar-refractivity contribution in [3.05, 3.63) is 51.0 Å². The number of carbonyl (C=O) groups excluding carboxylic acids is 1. The number of nitro groups is 1. The number of nitrogens with zero attached hydrogens (tertiary/aromatic N) is 1. The number of alkyl halides is 3. The van der Waals surface area contributed by atoms with Crippen LogP contribution in [0, 0.1) is 10.1 Å². The maximum Gasteiger partial charge on any atom is 0.420 e. The van der Waals surface area contributed by atoms with Gasteiger partial charge in [0.15, 0.2) is 18.1 Å². The summed E-state index contributed by atoms with van der Waals surface area (Å²) >= 11 is 6.05. The highest BCUT2D eigenvalue weighted by atomic mass is 35.5. The van der Waals surface area contributed by atoms with Crippen LogP contribution in [0.1, 0.15) is 5.56 Å². The molecule has 0 unspecified atom stereocenters. The van der Waals surface area contributed by atoms with Crippen molar-refractivity contribution in [1.29, 1.82) is 0 Å². The molecule has 2 aromatic carbocycles. The molecule has 0 aliphatic carbocycles. The lowest BCUT2D eigenvalue weighted by molar-refractivity contribution is -0.385. The lowest BCUT2D eigenvalue weighted by Crippen LogP contribution is -2.22. The molecule has 8 nitrogen and oxygen atoms in total. The summed E-state index contributed by atoms with van der Waals surface area (Å²) in [6, 6.07) is 4.82. The summed E-state index contributed by atoms with van der Waals surface area (Å²) in [7, 11) is 0. The summed E-state index contributed by atoms with van der Waals surface area (Å²) in [5.41, 5.74) is -1.96. The van der Waals surface area contributed by atoms with Gasteiger partial charge >= 0.3 is 6.18 Å². The van der Waals surface area contributed by atoms with E-state index in [2.05, 4.69) is 5.32 Å². The van der Waals surface area contributed by atoms with Crippen molar-refractivity contribution in [3.8, 4) is 17.2 Å². The summed E-state index contributed by atoms with van der Waals surface area (Å²) in [6.45, 7) is -0.128. The number of amides is 1. The molecule has 12 heteroatoms. The maximum atomic E-state index is 13.1. The van der Waals surface area contributed by atoms with Crippen molar-refractivity contribution in [3.63, 3.8) is 0 Å². The van der Waals surface area contributed by atoms with Crippen molar-refractivity contribution in [1.82, 2.24) is 0 Å². The third kappa shape index (κ3) is 4.80. The average molecular weight is 433 g/mol. The summed E-state index contributed by atoms with van der Waals surface area (Å²) in [5.74, 6) is -0.760. The Bertz CT molecular complexity index is 967. The van der Waals surface area contributed by atoms with Gasteiger partial charge in [-0.05, 0) is 6.07 Å². The zero-order chi connectivity index (χ0) is 21.2. The quantitative estimate of drug-likeness (QED) is 0.565. The Labute approximate surface area is 166 Å². The van der Waals surface area contributed by atoms with Crippen LogP contribution in [-0.2, 0) is 11.0 Å². The highest BCUT2D eigenvalue weighted by molar-refractivity contribution is 6.34. The lowest BCUT2D eigenvalue weighted by atomic mass is 10.1. The van der Waals surface area contributed by atoms with E-state index in [4.69, 9.17) is 25.8 Å². The van der Waals surface area contributed by atoms with Crippen molar-refractivity contribution < 1.29 is 37.1 Å². The zero-order valence-electron chi connectivity index (χ0n) is 14.4. The number of nitro benzene ring substituents is 1. The number of carbonyl (C=O) groups is 1. The number of non-ortho nitro benzene ring substituents is 1. The molecule has 0 aromatic heterocycles. The smallest absolute Gasteiger partial charge is 0.420 e. The van der Waals surface area contributed by atoms with Gasteiger partial charge in [-0.1, -0.05) is 11.6 Å². The van der Waals surface area contributed by atoms with Crippen molar-refractivity contribution in [2.45, 2.75) is 6.18 Å². The molecular formula is C17H12ClF3N2O6. The Morgan fingerprint density at radius 3 is 2.48 bits per heavy atom. The monoisotopic (exact) mass is 432 g/mol. The van der Waals surface area contributed by atoms with Gasteiger partial charge in [-0.25, -0.2) is 0 Å². The molecule has 0 spiro atoms. The molecule has 29 heavy (non-hydrogen) atoms. The van der Waals surface area contributed by atoms with E-state index in [0.29, 0.717) is 30.8 Å². The fraction of sp³-hybridized carbons (Fsp3) is 0.235. The fourth-order valence-electron chi connectivity index (χ4n) is 2.47. The highest BCUT2D eigenvalue weighted by Gasteiger charge is 2.36. The summed E-state index contributed by atoms with van der Waals surface area (Å²) < 4.78 is 55.0. The second-order valence-corrected chi connectivity index (χ2v) is 6.16. The van der Waals surface area contributed by atoms with Gasteiger partial charge in [-0.15, -0.1) is 0 Å². The predicted octanol–water partition coefficient (Wildman–Crippen LogP) is 4.06. The van der Waals surface area contributed by atoms with E-state index in [-0.39, 0.29) is 10.7 Å². The molecule has 3 rings (SSSR count). The fourth-order valence-corrected chi connectivity index (χ4v) is 2.67. The Morgan fingerprint density at radius 1 is 1.21 bits per heavy atom. The normalized spacial score (nSPS) is 13.0. The minimum Gasteiger partial charge on any atom is -0.486 e. The van der Waals surface area contributed by atoms with Gasteiger partial charge in [0.25, 0.3) is 11.6 Å². The molecule has 154 valence electrons. The lowest BCUT2D eigenvalue weighted by Gasteiger charge is -2.20. The molecule has 1 aliphatic heterocycles. The van der Waals surface area contributed by atoms with Crippen LogP contribution >= 0.6 is 11.6 Å². The van der Waals surface area contributed by atoms with Crippen LogP contribution in [0.15, 0.2) is 30.3 Å². The minimum absolute atomic E-state index is 0.133. The van der Waals surface area contributed by atoms with Crippen LogP contribution in [0.5, 0.6) is 17.2 Å². The minimum atomic E-state index is -4.91. The molecule has 1 aliphatic rings. The molecular weight excluding hydrogens is 421 g/mol. The van der Waals surface area contributed by atoms with Crippen LogP contribution in [0.25, 0.3) is 0 Å². The number of fused-ring (bicyclic) bond motifs is 1. The van der Waals surface area contributed by atoms with E-state index in [1.165, 1.54) is 12.1 Å². The molecule has 0 saturated heterocycles.